The number of furan rings is 1. The van der Waals surface area contributed by atoms with Crippen molar-refractivity contribution in [1.29, 1.82) is 0 Å². The van der Waals surface area contributed by atoms with Crippen molar-refractivity contribution in [3.8, 4) is 0 Å². The van der Waals surface area contributed by atoms with E-state index in [1.807, 2.05) is 20.0 Å². The molecule has 6 nitrogen and oxygen atoms in total. The second-order valence-corrected chi connectivity index (χ2v) is 7.61. The lowest BCUT2D eigenvalue weighted by Gasteiger charge is -2.38. The van der Waals surface area contributed by atoms with Gasteiger partial charge in [-0.3, -0.25) is 4.90 Å². The molecule has 5 rings (SSSR count). The van der Waals surface area contributed by atoms with Crippen LogP contribution >= 0.6 is 0 Å². The molecule has 0 saturated carbocycles. The maximum absolute atomic E-state index is 6.28. The Kier molecular flexibility index (Phi) is 3.09. The van der Waals surface area contributed by atoms with Gasteiger partial charge in [0.15, 0.2) is 17.2 Å². The number of hydrogen-bond donors (Lipinski definition) is 0. The molecule has 0 fully saturated rings. The van der Waals surface area contributed by atoms with Crippen molar-refractivity contribution in [3.05, 3.63) is 47.9 Å². The molecule has 6 heteroatoms. The molecular weight excluding hydrogens is 338 g/mol. The first-order chi connectivity index (χ1) is 12.9. The van der Waals surface area contributed by atoms with E-state index in [4.69, 9.17) is 4.42 Å². The summed E-state index contributed by atoms with van der Waals surface area (Å²) in [5, 5.41) is 2.09. The van der Waals surface area contributed by atoms with Gasteiger partial charge < -0.3 is 9.32 Å². The zero-order valence-electron chi connectivity index (χ0n) is 16.1. The standard InChI is InChI=1S/C21H21N5O/c1-12-6-8-14-15-9-7-13(2)24-20(15)27-17(14)16(12)26-19-18(22-10-11-23-19)25(5)21(26,3)4/h6-11H,1-5H3. The molecule has 0 radical (unpaired) electrons. The zero-order valence-corrected chi connectivity index (χ0v) is 16.1. The largest absolute Gasteiger partial charge is 0.435 e. The smallest absolute Gasteiger partial charge is 0.227 e. The second kappa shape index (κ2) is 5.19. The quantitative estimate of drug-likeness (QED) is 0.490. The lowest BCUT2D eigenvalue weighted by molar-refractivity contribution is 0.516. The molecule has 0 amide bonds. The number of fused-ring (bicyclic) bond motifs is 4. The highest BCUT2D eigenvalue weighted by atomic mass is 16.3. The van der Waals surface area contributed by atoms with Crippen LogP contribution in [0, 0.1) is 13.8 Å². The van der Waals surface area contributed by atoms with Crippen molar-refractivity contribution in [2.75, 3.05) is 16.8 Å². The molecule has 1 aliphatic rings. The Morgan fingerprint density at radius 2 is 1.63 bits per heavy atom. The van der Waals surface area contributed by atoms with Crippen molar-refractivity contribution < 1.29 is 4.42 Å². The fourth-order valence-electron chi connectivity index (χ4n) is 3.94. The Bertz CT molecular complexity index is 1210. The Morgan fingerprint density at radius 3 is 2.41 bits per heavy atom. The van der Waals surface area contributed by atoms with Crippen molar-refractivity contribution in [3.63, 3.8) is 0 Å². The molecule has 27 heavy (non-hydrogen) atoms. The molecule has 136 valence electrons. The van der Waals surface area contributed by atoms with Gasteiger partial charge >= 0.3 is 0 Å². The monoisotopic (exact) mass is 359 g/mol. The highest BCUT2D eigenvalue weighted by molar-refractivity contribution is 6.09. The number of nitrogens with zero attached hydrogens (tertiary/aromatic N) is 5. The summed E-state index contributed by atoms with van der Waals surface area (Å²) < 4.78 is 6.28. The topological polar surface area (TPSA) is 58.3 Å². The molecule has 0 N–H and O–H groups in total. The molecule has 3 aromatic heterocycles. The third-order valence-electron chi connectivity index (χ3n) is 5.60. The number of aryl methyl sites for hydroxylation is 2. The molecule has 0 saturated heterocycles. The zero-order chi connectivity index (χ0) is 18.9. The first-order valence-electron chi connectivity index (χ1n) is 9.04. The number of aromatic nitrogens is 3. The number of pyridine rings is 1. The van der Waals surface area contributed by atoms with E-state index in [0.717, 1.165) is 44.9 Å². The van der Waals surface area contributed by atoms with Crippen molar-refractivity contribution >= 4 is 39.4 Å². The summed E-state index contributed by atoms with van der Waals surface area (Å²) in [6.45, 7) is 8.41. The molecule has 0 bridgehead atoms. The van der Waals surface area contributed by atoms with E-state index in [1.165, 1.54) is 0 Å². The Labute approximate surface area is 157 Å². The van der Waals surface area contributed by atoms with Gasteiger partial charge in [-0.05, 0) is 45.4 Å². The summed E-state index contributed by atoms with van der Waals surface area (Å²) in [5.74, 6) is 1.70. The maximum Gasteiger partial charge on any atom is 0.227 e. The molecule has 0 unspecified atom stereocenters. The van der Waals surface area contributed by atoms with Crippen LogP contribution in [0.2, 0.25) is 0 Å². The highest BCUT2D eigenvalue weighted by Crippen LogP contribution is 2.49. The van der Waals surface area contributed by atoms with Crippen LogP contribution in [0.5, 0.6) is 0 Å². The van der Waals surface area contributed by atoms with Crippen LogP contribution in [0.1, 0.15) is 25.1 Å². The minimum Gasteiger partial charge on any atom is -0.435 e. The first kappa shape index (κ1) is 16.1. The molecule has 1 aromatic carbocycles. The van der Waals surface area contributed by atoms with Gasteiger partial charge in [0, 0.05) is 35.9 Å². The van der Waals surface area contributed by atoms with E-state index < -0.39 is 0 Å². The van der Waals surface area contributed by atoms with E-state index in [2.05, 4.69) is 63.7 Å². The SMILES string of the molecule is Cc1ccc2c(n1)oc1c(N3c4nccnc4N(C)C3(C)C)c(C)ccc12. The van der Waals surface area contributed by atoms with Gasteiger partial charge in [-0.2, -0.15) is 0 Å². The lowest BCUT2D eigenvalue weighted by Crippen LogP contribution is -2.49. The Hall–Kier alpha value is -3.15. The molecule has 4 heterocycles. The average molecular weight is 359 g/mol. The van der Waals surface area contributed by atoms with Crippen molar-refractivity contribution in [2.45, 2.75) is 33.4 Å². The van der Waals surface area contributed by atoms with Crippen LogP contribution in [0.15, 0.2) is 41.1 Å². The summed E-state index contributed by atoms with van der Waals surface area (Å²) in [7, 11) is 2.05. The third kappa shape index (κ3) is 2.04. The Balaban J connectivity index is 1.87. The van der Waals surface area contributed by atoms with Crippen LogP contribution in [0.3, 0.4) is 0 Å². The minimum atomic E-state index is -0.342. The first-order valence-corrected chi connectivity index (χ1v) is 9.04. The lowest BCUT2D eigenvalue weighted by atomic mass is 10.1. The van der Waals surface area contributed by atoms with Crippen LogP contribution in [0.4, 0.5) is 17.3 Å². The number of hydrogen-bond acceptors (Lipinski definition) is 6. The molecule has 0 spiro atoms. The van der Waals surface area contributed by atoms with Gasteiger partial charge in [-0.25, -0.2) is 15.0 Å². The summed E-state index contributed by atoms with van der Waals surface area (Å²) in [4.78, 5) is 18.2. The predicted octanol–water partition coefficient (Wildman–Crippen LogP) is 4.71. The summed E-state index contributed by atoms with van der Waals surface area (Å²) >= 11 is 0. The fraction of sp³-hybridized carbons (Fsp3) is 0.286. The van der Waals surface area contributed by atoms with Crippen LogP contribution in [0.25, 0.3) is 22.1 Å². The van der Waals surface area contributed by atoms with Crippen molar-refractivity contribution in [1.82, 2.24) is 15.0 Å². The van der Waals surface area contributed by atoms with Crippen molar-refractivity contribution in [2.24, 2.45) is 0 Å². The van der Waals surface area contributed by atoms with E-state index in [9.17, 15) is 0 Å². The fourth-order valence-corrected chi connectivity index (χ4v) is 3.94. The van der Waals surface area contributed by atoms with Gasteiger partial charge in [-0.15, -0.1) is 0 Å². The maximum atomic E-state index is 6.28. The molecular formula is C21H21N5O. The predicted molar refractivity (Wildman–Crippen MR) is 108 cm³/mol. The van der Waals surface area contributed by atoms with E-state index >= 15 is 0 Å². The minimum absolute atomic E-state index is 0.342. The van der Waals surface area contributed by atoms with E-state index in [1.54, 1.807) is 12.4 Å². The second-order valence-electron chi connectivity index (χ2n) is 7.61. The summed E-state index contributed by atoms with van der Waals surface area (Å²) in [6, 6.07) is 8.35. The summed E-state index contributed by atoms with van der Waals surface area (Å²) in [5.41, 5.74) is 4.24. The third-order valence-corrected chi connectivity index (χ3v) is 5.60. The average Bonchev–Trinajstić information content (AvgIpc) is 3.09. The van der Waals surface area contributed by atoms with Crippen LogP contribution in [-0.2, 0) is 0 Å². The number of anilines is 3. The highest BCUT2D eigenvalue weighted by Gasteiger charge is 2.45. The normalized spacial score (nSPS) is 15.7. The Morgan fingerprint density at radius 1 is 0.926 bits per heavy atom. The van der Waals surface area contributed by atoms with Gasteiger partial charge in [0.05, 0.1) is 5.69 Å². The van der Waals surface area contributed by atoms with E-state index in [-0.39, 0.29) is 5.66 Å². The van der Waals surface area contributed by atoms with Crippen LogP contribution in [-0.4, -0.2) is 27.7 Å². The van der Waals surface area contributed by atoms with E-state index in [0.29, 0.717) is 5.71 Å². The summed E-state index contributed by atoms with van der Waals surface area (Å²) in [6.07, 6.45) is 3.47. The molecule has 1 aliphatic heterocycles. The number of benzene rings is 1. The molecule has 0 atom stereocenters. The van der Waals surface area contributed by atoms with Gasteiger partial charge in [0.1, 0.15) is 5.66 Å². The van der Waals surface area contributed by atoms with Gasteiger partial charge in [0.25, 0.3) is 0 Å². The molecule has 4 aromatic rings. The molecule has 0 aliphatic carbocycles. The van der Waals surface area contributed by atoms with Crippen LogP contribution < -0.4 is 9.80 Å². The van der Waals surface area contributed by atoms with Gasteiger partial charge in [-0.1, -0.05) is 12.1 Å². The van der Waals surface area contributed by atoms with Gasteiger partial charge in [0.2, 0.25) is 5.71 Å². The number of rotatable bonds is 1.